The Bertz CT molecular complexity index is 447. The molecule has 1 nitrogen and oxygen atoms in total. The van der Waals surface area contributed by atoms with Gasteiger partial charge in [-0.1, -0.05) is 11.8 Å². The Morgan fingerprint density at radius 1 is 1.06 bits per heavy atom. The van der Waals surface area contributed by atoms with Gasteiger partial charge in [0.2, 0.25) is 0 Å². The first-order chi connectivity index (χ1) is 8.41. The Balaban J connectivity index is 2.73. The quantitative estimate of drug-likeness (QED) is 0.744. The van der Waals surface area contributed by atoms with Gasteiger partial charge in [0.15, 0.2) is 11.6 Å². The molecule has 0 amide bonds. The molecule has 18 heavy (non-hydrogen) atoms. The highest BCUT2D eigenvalue weighted by Crippen LogP contribution is 2.08. The lowest BCUT2D eigenvalue weighted by molar-refractivity contribution is 0.200. The lowest BCUT2D eigenvalue weighted by atomic mass is 10.2. The third-order valence-corrected chi connectivity index (χ3v) is 2.74. The highest BCUT2D eigenvalue weighted by molar-refractivity contribution is 5.34. The number of rotatable bonds is 3. The number of hydrogen-bond acceptors (Lipinski definition) is 1. The van der Waals surface area contributed by atoms with Gasteiger partial charge in [-0.2, -0.15) is 0 Å². The lowest BCUT2D eigenvalue weighted by Crippen LogP contribution is -2.37. The fraction of sp³-hybridized carbons (Fsp3) is 0.467. The maximum atomic E-state index is 13.0. The van der Waals surface area contributed by atoms with Gasteiger partial charge in [-0.15, -0.1) is 0 Å². The van der Waals surface area contributed by atoms with Gasteiger partial charge in [0.05, 0.1) is 6.54 Å². The fourth-order valence-electron chi connectivity index (χ4n) is 1.77. The molecule has 1 aromatic carbocycles. The summed E-state index contributed by atoms with van der Waals surface area (Å²) < 4.78 is 25.7. The van der Waals surface area contributed by atoms with E-state index in [0.29, 0.717) is 24.2 Å². The summed E-state index contributed by atoms with van der Waals surface area (Å²) in [5.41, 5.74) is 0.501. The van der Waals surface area contributed by atoms with Crippen LogP contribution in [0, 0.1) is 23.5 Å². The third-order valence-electron chi connectivity index (χ3n) is 2.74. The van der Waals surface area contributed by atoms with Crippen LogP contribution in [0.2, 0.25) is 0 Å². The standard InChI is InChI=1S/C15H19F2N/c1-11(2)18(12(3)4)9-5-6-13-7-8-14(16)15(17)10-13/h7-8,10-12H,9H2,1-4H3. The molecule has 0 N–H and O–H groups in total. The van der Waals surface area contributed by atoms with E-state index in [1.165, 1.54) is 6.07 Å². The Hall–Kier alpha value is -1.40. The molecule has 1 aromatic rings. The summed E-state index contributed by atoms with van der Waals surface area (Å²) in [6.07, 6.45) is 0. The van der Waals surface area contributed by atoms with Crippen molar-refractivity contribution in [2.24, 2.45) is 0 Å². The van der Waals surface area contributed by atoms with Gasteiger partial charge in [-0.3, -0.25) is 4.90 Å². The van der Waals surface area contributed by atoms with Crippen LogP contribution in [0.1, 0.15) is 33.3 Å². The van der Waals surface area contributed by atoms with E-state index < -0.39 is 11.6 Å². The maximum Gasteiger partial charge on any atom is 0.160 e. The van der Waals surface area contributed by atoms with Crippen molar-refractivity contribution in [1.29, 1.82) is 0 Å². The molecule has 0 unspecified atom stereocenters. The predicted molar refractivity (Wildman–Crippen MR) is 70.2 cm³/mol. The van der Waals surface area contributed by atoms with E-state index in [2.05, 4.69) is 44.4 Å². The van der Waals surface area contributed by atoms with Crippen molar-refractivity contribution in [2.75, 3.05) is 6.54 Å². The minimum atomic E-state index is -0.855. The van der Waals surface area contributed by atoms with Gasteiger partial charge in [-0.25, -0.2) is 8.78 Å². The molecule has 1 rings (SSSR count). The summed E-state index contributed by atoms with van der Waals surface area (Å²) in [6, 6.07) is 4.52. The molecule has 0 aromatic heterocycles. The Morgan fingerprint density at radius 2 is 1.67 bits per heavy atom. The summed E-state index contributed by atoms with van der Waals surface area (Å²) in [6.45, 7) is 9.06. The van der Waals surface area contributed by atoms with Gasteiger partial charge < -0.3 is 0 Å². The van der Waals surface area contributed by atoms with Crippen LogP contribution >= 0.6 is 0 Å². The van der Waals surface area contributed by atoms with Gasteiger partial charge in [0, 0.05) is 17.6 Å². The molecule has 0 saturated carbocycles. The maximum absolute atomic E-state index is 13.0. The lowest BCUT2D eigenvalue weighted by Gasteiger charge is -2.28. The van der Waals surface area contributed by atoms with E-state index in [1.54, 1.807) is 0 Å². The van der Waals surface area contributed by atoms with Gasteiger partial charge in [0.25, 0.3) is 0 Å². The molecule has 0 aliphatic rings. The van der Waals surface area contributed by atoms with Crippen LogP contribution in [-0.4, -0.2) is 23.5 Å². The number of nitrogens with zero attached hydrogens (tertiary/aromatic N) is 1. The van der Waals surface area contributed by atoms with E-state index in [0.717, 1.165) is 12.1 Å². The van der Waals surface area contributed by atoms with Crippen molar-refractivity contribution in [3.63, 3.8) is 0 Å². The average Bonchev–Trinajstić information content (AvgIpc) is 2.28. The Kier molecular flexibility index (Phi) is 5.30. The van der Waals surface area contributed by atoms with Crippen molar-refractivity contribution >= 4 is 0 Å². The highest BCUT2D eigenvalue weighted by Gasteiger charge is 2.10. The summed E-state index contributed by atoms with van der Waals surface area (Å²) in [4.78, 5) is 2.23. The van der Waals surface area contributed by atoms with Crippen LogP contribution in [0.25, 0.3) is 0 Å². The van der Waals surface area contributed by atoms with Gasteiger partial charge in [-0.05, 0) is 45.9 Å². The summed E-state index contributed by atoms with van der Waals surface area (Å²) >= 11 is 0. The van der Waals surface area contributed by atoms with Crippen molar-refractivity contribution in [3.05, 3.63) is 35.4 Å². The first-order valence-electron chi connectivity index (χ1n) is 6.11. The molecular weight excluding hydrogens is 232 g/mol. The van der Waals surface area contributed by atoms with Crippen LogP contribution < -0.4 is 0 Å². The minimum absolute atomic E-state index is 0.407. The second-order valence-electron chi connectivity index (χ2n) is 4.79. The molecule has 0 spiro atoms. The molecule has 0 aliphatic heterocycles. The summed E-state index contributed by atoms with van der Waals surface area (Å²) in [5.74, 6) is 4.16. The van der Waals surface area contributed by atoms with E-state index in [1.807, 2.05) is 0 Å². The van der Waals surface area contributed by atoms with Crippen molar-refractivity contribution in [2.45, 2.75) is 39.8 Å². The zero-order valence-corrected chi connectivity index (χ0v) is 11.3. The highest BCUT2D eigenvalue weighted by atomic mass is 19.2. The second-order valence-corrected chi connectivity index (χ2v) is 4.79. The SMILES string of the molecule is CC(C)N(CC#Cc1ccc(F)c(F)c1)C(C)C. The number of halogens is 2. The molecule has 0 fully saturated rings. The topological polar surface area (TPSA) is 3.24 Å². The first-order valence-corrected chi connectivity index (χ1v) is 6.11. The van der Waals surface area contributed by atoms with Crippen molar-refractivity contribution < 1.29 is 8.78 Å². The van der Waals surface area contributed by atoms with Crippen LogP contribution in [0.5, 0.6) is 0 Å². The third kappa shape index (κ3) is 4.12. The predicted octanol–water partition coefficient (Wildman–Crippen LogP) is 3.44. The van der Waals surface area contributed by atoms with Crippen LogP contribution in [-0.2, 0) is 0 Å². The van der Waals surface area contributed by atoms with E-state index >= 15 is 0 Å². The zero-order valence-electron chi connectivity index (χ0n) is 11.3. The molecule has 0 heterocycles. The van der Waals surface area contributed by atoms with Crippen molar-refractivity contribution in [3.8, 4) is 11.8 Å². The summed E-state index contributed by atoms with van der Waals surface area (Å²) in [5, 5.41) is 0. The average molecular weight is 251 g/mol. The van der Waals surface area contributed by atoms with Crippen LogP contribution in [0.4, 0.5) is 8.78 Å². The first kappa shape index (κ1) is 14.7. The smallest absolute Gasteiger partial charge is 0.160 e. The molecule has 98 valence electrons. The second kappa shape index (κ2) is 6.51. The van der Waals surface area contributed by atoms with Gasteiger partial charge in [0.1, 0.15) is 0 Å². The molecule has 0 atom stereocenters. The monoisotopic (exact) mass is 251 g/mol. The van der Waals surface area contributed by atoms with E-state index in [9.17, 15) is 8.78 Å². The van der Waals surface area contributed by atoms with Crippen LogP contribution in [0.3, 0.4) is 0 Å². The Morgan fingerprint density at radius 3 is 2.17 bits per heavy atom. The number of benzene rings is 1. The largest absolute Gasteiger partial charge is 0.287 e. The van der Waals surface area contributed by atoms with Crippen LogP contribution in [0.15, 0.2) is 18.2 Å². The van der Waals surface area contributed by atoms with E-state index in [-0.39, 0.29) is 0 Å². The normalized spacial score (nSPS) is 10.9. The number of hydrogen-bond donors (Lipinski definition) is 0. The molecule has 0 radical (unpaired) electrons. The zero-order chi connectivity index (χ0) is 13.7. The Labute approximate surface area is 108 Å². The van der Waals surface area contributed by atoms with E-state index in [4.69, 9.17) is 0 Å². The molecular formula is C15H19F2N. The molecule has 0 bridgehead atoms. The molecule has 3 heteroatoms. The van der Waals surface area contributed by atoms with Gasteiger partial charge >= 0.3 is 0 Å². The fourth-order valence-corrected chi connectivity index (χ4v) is 1.77. The van der Waals surface area contributed by atoms with Crippen molar-refractivity contribution in [1.82, 2.24) is 4.90 Å². The molecule has 0 saturated heterocycles. The minimum Gasteiger partial charge on any atom is -0.287 e. The molecule has 0 aliphatic carbocycles. The summed E-state index contributed by atoms with van der Waals surface area (Å²) in [7, 11) is 0.